The molecule has 1 aromatic heterocycles. The molecule has 0 aliphatic heterocycles. The lowest BCUT2D eigenvalue weighted by Gasteiger charge is -2.21. The number of nitrogens with one attached hydrogen (secondary N) is 2. The minimum atomic E-state index is -0.311. The summed E-state index contributed by atoms with van der Waals surface area (Å²) in [6.07, 6.45) is 4.75. The lowest BCUT2D eigenvalue weighted by molar-refractivity contribution is -0.126. The largest absolute Gasteiger partial charge is 0.358 e. The molecular formula is C12H14Cl2N4O. The van der Waals surface area contributed by atoms with Gasteiger partial charge in [0.05, 0.1) is 17.6 Å². The van der Waals surface area contributed by atoms with Crippen molar-refractivity contribution >= 4 is 40.0 Å². The topological polar surface area (TPSA) is 69.1 Å². The fourth-order valence-corrected chi connectivity index (χ4v) is 1.71. The van der Waals surface area contributed by atoms with Crippen molar-refractivity contribution in [2.75, 3.05) is 17.7 Å². The summed E-state index contributed by atoms with van der Waals surface area (Å²) >= 11 is 11.2. The number of hydrogen-bond donors (Lipinski definition) is 2. The van der Waals surface area contributed by atoms with E-state index >= 15 is 0 Å². The number of hydrogen-bond acceptors (Lipinski definition) is 4. The molecule has 7 heteroatoms. The maximum atomic E-state index is 11.7. The maximum absolute atomic E-state index is 11.7. The standard InChI is InChI=1S/C12H14Cl2N4O/c1-2-18(11(19)6-13)10(12(14)15)8-17-9-4-3-5-16-7-9/h3-5,7-8,15,17H,2,6H2,1H3. The van der Waals surface area contributed by atoms with E-state index in [-0.39, 0.29) is 22.7 Å². The van der Waals surface area contributed by atoms with Crippen molar-refractivity contribution in [2.45, 2.75) is 6.92 Å². The van der Waals surface area contributed by atoms with Crippen molar-refractivity contribution in [1.82, 2.24) is 9.88 Å². The first-order valence-electron chi connectivity index (χ1n) is 5.57. The van der Waals surface area contributed by atoms with Crippen LogP contribution in [0.2, 0.25) is 0 Å². The first kappa shape index (κ1) is 15.5. The van der Waals surface area contributed by atoms with Crippen molar-refractivity contribution in [3.63, 3.8) is 0 Å². The maximum Gasteiger partial charge on any atom is 0.242 e. The van der Waals surface area contributed by atoms with E-state index in [1.165, 1.54) is 11.1 Å². The summed E-state index contributed by atoms with van der Waals surface area (Å²) in [6, 6.07) is 3.57. The molecule has 2 N–H and O–H groups in total. The third kappa shape index (κ3) is 4.54. The summed E-state index contributed by atoms with van der Waals surface area (Å²) in [5.74, 6) is -0.476. The molecule has 0 aliphatic rings. The van der Waals surface area contributed by atoms with Crippen LogP contribution in [0.25, 0.3) is 0 Å². The minimum absolute atomic E-state index is 0.164. The van der Waals surface area contributed by atoms with E-state index in [1.807, 2.05) is 0 Å². The van der Waals surface area contributed by atoms with Crippen LogP contribution in [-0.2, 0) is 4.79 Å². The van der Waals surface area contributed by atoms with E-state index in [4.69, 9.17) is 28.6 Å². The first-order chi connectivity index (χ1) is 9.10. The fraction of sp³-hybridized carbons (Fsp3) is 0.250. The first-order valence-corrected chi connectivity index (χ1v) is 6.48. The van der Waals surface area contributed by atoms with Crippen molar-refractivity contribution in [3.8, 4) is 0 Å². The molecule has 0 saturated carbocycles. The molecule has 0 saturated heterocycles. The zero-order valence-electron chi connectivity index (χ0n) is 10.4. The van der Waals surface area contributed by atoms with Gasteiger partial charge in [-0.1, -0.05) is 11.6 Å². The van der Waals surface area contributed by atoms with Gasteiger partial charge in [0.1, 0.15) is 11.1 Å². The second-order valence-corrected chi connectivity index (χ2v) is 4.15. The second kappa shape index (κ2) is 7.76. The van der Waals surface area contributed by atoms with Crippen LogP contribution in [0.3, 0.4) is 0 Å². The fourth-order valence-electron chi connectivity index (χ4n) is 1.41. The van der Waals surface area contributed by atoms with Gasteiger partial charge in [0.15, 0.2) is 0 Å². The molecule has 1 rings (SSSR count). The summed E-state index contributed by atoms with van der Waals surface area (Å²) in [6.45, 7) is 2.16. The minimum Gasteiger partial charge on any atom is -0.358 e. The van der Waals surface area contributed by atoms with Crippen molar-refractivity contribution in [1.29, 1.82) is 5.41 Å². The van der Waals surface area contributed by atoms with E-state index < -0.39 is 0 Å². The quantitative estimate of drug-likeness (QED) is 0.627. The van der Waals surface area contributed by atoms with Gasteiger partial charge in [-0.25, -0.2) is 0 Å². The Hall–Kier alpha value is -1.59. The molecule has 19 heavy (non-hydrogen) atoms. The van der Waals surface area contributed by atoms with E-state index in [9.17, 15) is 4.79 Å². The average Bonchev–Trinajstić information content (AvgIpc) is 2.43. The molecule has 1 amide bonds. The van der Waals surface area contributed by atoms with Crippen LogP contribution in [0.15, 0.2) is 36.4 Å². The molecule has 0 atom stereocenters. The Balaban J connectivity index is 2.93. The van der Waals surface area contributed by atoms with Crippen LogP contribution in [0.1, 0.15) is 6.92 Å². The molecule has 0 bridgehead atoms. The third-order valence-corrected chi connectivity index (χ3v) is 2.71. The van der Waals surface area contributed by atoms with Crippen LogP contribution in [0, 0.1) is 5.41 Å². The van der Waals surface area contributed by atoms with E-state index in [0.717, 1.165) is 5.69 Å². The number of carbonyl (C=O) groups excluding carboxylic acids is 1. The molecule has 0 unspecified atom stereocenters. The molecule has 0 aromatic carbocycles. The lowest BCUT2D eigenvalue weighted by Crippen LogP contribution is -2.33. The summed E-state index contributed by atoms with van der Waals surface area (Å²) in [7, 11) is 0. The van der Waals surface area contributed by atoms with Gasteiger partial charge in [0, 0.05) is 18.9 Å². The molecule has 0 aliphatic carbocycles. The molecule has 102 valence electrons. The summed E-state index contributed by atoms with van der Waals surface area (Å²) in [4.78, 5) is 16.9. The van der Waals surface area contributed by atoms with Gasteiger partial charge < -0.3 is 10.2 Å². The number of nitrogens with zero attached hydrogens (tertiary/aromatic N) is 2. The van der Waals surface area contributed by atoms with Gasteiger partial charge in [-0.05, 0) is 19.1 Å². The van der Waals surface area contributed by atoms with E-state index in [1.54, 1.807) is 31.5 Å². The Morgan fingerprint density at radius 1 is 1.63 bits per heavy atom. The highest BCUT2D eigenvalue weighted by Gasteiger charge is 2.17. The number of halogens is 2. The number of pyridine rings is 1. The second-order valence-electron chi connectivity index (χ2n) is 3.50. The molecular weight excluding hydrogens is 287 g/mol. The lowest BCUT2D eigenvalue weighted by atomic mass is 10.3. The number of anilines is 1. The highest BCUT2D eigenvalue weighted by atomic mass is 35.5. The number of amides is 1. The molecule has 1 aromatic rings. The summed E-state index contributed by atoms with van der Waals surface area (Å²) in [5, 5.41) is 10.2. The highest BCUT2D eigenvalue weighted by Crippen LogP contribution is 2.12. The molecule has 1 heterocycles. The van der Waals surface area contributed by atoms with Crippen LogP contribution in [0.5, 0.6) is 0 Å². The molecule has 0 fully saturated rings. The average molecular weight is 301 g/mol. The van der Waals surface area contributed by atoms with Gasteiger partial charge in [0.2, 0.25) is 5.91 Å². The number of allylic oxidation sites excluding steroid dienone is 1. The van der Waals surface area contributed by atoms with Crippen LogP contribution in [0.4, 0.5) is 5.69 Å². The zero-order chi connectivity index (χ0) is 14.3. The van der Waals surface area contributed by atoms with Crippen molar-refractivity contribution in [3.05, 3.63) is 36.4 Å². The van der Waals surface area contributed by atoms with E-state index in [2.05, 4.69) is 10.3 Å². The molecule has 5 nitrogen and oxygen atoms in total. The highest BCUT2D eigenvalue weighted by molar-refractivity contribution is 6.68. The Bertz CT molecular complexity index is 476. The van der Waals surface area contributed by atoms with E-state index in [0.29, 0.717) is 6.54 Å². The smallest absolute Gasteiger partial charge is 0.242 e. The normalized spacial score (nSPS) is 11.0. The monoisotopic (exact) mass is 300 g/mol. The van der Waals surface area contributed by atoms with Gasteiger partial charge in [-0.2, -0.15) is 0 Å². The SMILES string of the molecule is CCN(C(=O)CCl)C(=CNc1cccnc1)C(=N)Cl. The van der Waals surface area contributed by atoms with Crippen LogP contribution in [-0.4, -0.2) is 33.4 Å². The Kier molecular flexibility index (Phi) is 6.32. The Morgan fingerprint density at radius 2 is 2.37 bits per heavy atom. The van der Waals surface area contributed by atoms with Crippen molar-refractivity contribution < 1.29 is 4.79 Å². The zero-order valence-corrected chi connectivity index (χ0v) is 11.9. The Morgan fingerprint density at radius 3 is 2.84 bits per heavy atom. The van der Waals surface area contributed by atoms with Gasteiger partial charge in [-0.15, -0.1) is 11.6 Å². The van der Waals surface area contributed by atoms with Gasteiger partial charge in [-0.3, -0.25) is 15.2 Å². The third-order valence-electron chi connectivity index (χ3n) is 2.28. The number of rotatable bonds is 6. The predicted molar refractivity (Wildman–Crippen MR) is 77.6 cm³/mol. The van der Waals surface area contributed by atoms with Gasteiger partial charge in [0.25, 0.3) is 0 Å². The number of carbonyl (C=O) groups is 1. The van der Waals surface area contributed by atoms with Gasteiger partial charge >= 0.3 is 0 Å². The Labute approximate surface area is 121 Å². The summed E-state index contributed by atoms with van der Waals surface area (Å²) < 4.78 is 0. The molecule has 0 spiro atoms. The van der Waals surface area contributed by atoms with Crippen molar-refractivity contribution in [2.24, 2.45) is 0 Å². The molecule has 0 radical (unpaired) electrons. The van der Waals surface area contributed by atoms with Crippen LogP contribution >= 0.6 is 23.2 Å². The van der Waals surface area contributed by atoms with Crippen LogP contribution < -0.4 is 5.32 Å². The number of alkyl halides is 1. The number of aromatic nitrogens is 1. The summed E-state index contributed by atoms with van der Waals surface area (Å²) in [5.41, 5.74) is 0.992. The predicted octanol–water partition coefficient (Wildman–Crippen LogP) is 2.64.